The summed E-state index contributed by atoms with van der Waals surface area (Å²) in [6, 6.07) is 5.51. The monoisotopic (exact) mass is 289 g/mol. The Labute approximate surface area is 123 Å². The predicted octanol–water partition coefficient (Wildman–Crippen LogP) is 3.65. The third kappa shape index (κ3) is 2.91. The predicted molar refractivity (Wildman–Crippen MR) is 78.9 cm³/mol. The van der Waals surface area contributed by atoms with Gasteiger partial charge in [-0.15, -0.1) is 0 Å². The Morgan fingerprint density at radius 3 is 2.48 bits per heavy atom. The number of benzene rings is 1. The summed E-state index contributed by atoms with van der Waals surface area (Å²) in [6.45, 7) is 7.63. The first kappa shape index (κ1) is 15.1. The van der Waals surface area contributed by atoms with Gasteiger partial charge in [-0.25, -0.2) is 9.78 Å². The lowest BCUT2D eigenvalue weighted by molar-refractivity contribution is 0.0659. The first-order valence-electron chi connectivity index (χ1n) is 6.63. The van der Waals surface area contributed by atoms with Gasteiger partial charge in [0, 0.05) is 11.0 Å². The van der Waals surface area contributed by atoms with Crippen LogP contribution in [-0.4, -0.2) is 23.2 Å². The average Bonchev–Trinajstić information content (AvgIpc) is 2.84. The summed E-state index contributed by atoms with van der Waals surface area (Å²) < 4.78 is 10.7. The van der Waals surface area contributed by atoms with Crippen LogP contribution in [0.4, 0.5) is 0 Å². The molecule has 1 aromatic carbocycles. The van der Waals surface area contributed by atoms with Crippen LogP contribution in [0.1, 0.15) is 42.6 Å². The third-order valence-electron chi connectivity index (χ3n) is 3.19. The Kier molecular flexibility index (Phi) is 3.77. The molecule has 1 heterocycles. The maximum absolute atomic E-state index is 11.3. The maximum atomic E-state index is 11.3. The molecule has 21 heavy (non-hydrogen) atoms. The first-order chi connectivity index (χ1) is 9.74. The minimum Gasteiger partial charge on any atom is -0.496 e. The van der Waals surface area contributed by atoms with Crippen molar-refractivity contribution in [2.75, 3.05) is 7.11 Å². The van der Waals surface area contributed by atoms with Crippen molar-refractivity contribution in [3.05, 3.63) is 35.2 Å². The van der Waals surface area contributed by atoms with Gasteiger partial charge in [0.05, 0.1) is 7.11 Å². The molecular weight excluding hydrogens is 270 g/mol. The Morgan fingerprint density at radius 2 is 2.00 bits per heavy atom. The largest absolute Gasteiger partial charge is 0.496 e. The van der Waals surface area contributed by atoms with Gasteiger partial charge in [0.1, 0.15) is 11.4 Å². The summed E-state index contributed by atoms with van der Waals surface area (Å²) in [6.07, 6.45) is 0. The molecule has 0 radical (unpaired) electrons. The van der Waals surface area contributed by atoms with Gasteiger partial charge in [0.2, 0.25) is 11.7 Å². The van der Waals surface area contributed by atoms with E-state index in [-0.39, 0.29) is 11.7 Å². The minimum atomic E-state index is -1.11. The van der Waals surface area contributed by atoms with Crippen LogP contribution in [0.3, 0.4) is 0 Å². The summed E-state index contributed by atoms with van der Waals surface area (Å²) in [5.41, 5.74) is 1.70. The number of hydrogen-bond acceptors (Lipinski definition) is 4. The van der Waals surface area contributed by atoms with E-state index >= 15 is 0 Å². The zero-order valence-corrected chi connectivity index (χ0v) is 12.9. The van der Waals surface area contributed by atoms with E-state index in [9.17, 15) is 9.90 Å². The van der Waals surface area contributed by atoms with Gasteiger partial charge in [-0.3, -0.25) is 0 Å². The van der Waals surface area contributed by atoms with Gasteiger partial charge in [-0.05, 0) is 24.6 Å². The molecule has 0 aliphatic carbocycles. The lowest BCUT2D eigenvalue weighted by Gasteiger charge is -2.14. The van der Waals surface area contributed by atoms with Gasteiger partial charge in [-0.1, -0.05) is 26.8 Å². The summed E-state index contributed by atoms with van der Waals surface area (Å²) in [4.78, 5) is 15.7. The number of aromatic carboxylic acids is 1. The molecule has 1 aromatic heterocycles. The highest BCUT2D eigenvalue weighted by molar-refractivity contribution is 5.86. The Hall–Kier alpha value is -2.30. The Morgan fingerprint density at radius 1 is 1.33 bits per heavy atom. The lowest BCUT2D eigenvalue weighted by atomic mass is 9.91. The molecule has 1 N–H and O–H groups in total. The molecule has 0 amide bonds. The standard InChI is InChI=1S/C16H19NO4/c1-9-6-7-10(8-11(9)20-5)14-17-13(16(2,3)4)12(21-14)15(18)19/h6-8H,1-5H3,(H,18,19). The van der Waals surface area contributed by atoms with Crippen molar-refractivity contribution >= 4 is 5.97 Å². The van der Waals surface area contributed by atoms with Crippen LogP contribution < -0.4 is 4.74 Å². The number of rotatable bonds is 3. The fourth-order valence-corrected chi connectivity index (χ4v) is 2.05. The molecule has 0 aliphatic heterocycles. The quantitative estimate of drug-likeness (QED) is 0.933. The van der Waals surface area contributed by atoms with Gasteiger partial charge in [0.25, 0.3) is 0 Å². The Bertz CT molecular complexity index is 680. The molecule has 5 nitrogen and oxygen atoms in total. The molecule has 0 aliphatic rings. The van der Waals surface area contributed by atoms with Crippen molar-refractivity contribution in [2.24, 2.45) is 0 Å². The molecule has 0 unspecified atom stereocenters. The van der Waals surface area contributed by atoms with Crippen LogP contribution in [0.15, 0.2) is 22.6 Å². The number of methoxy groups -OCH3 is 1. The number of hydrogen-bond donors (Lipinski definition) is 1. The second-order valence-electron chi connectivity index (χ2n) is 5.94. The molecule has 2 rings (SSSR count). The van der Waals surface area contributed by atoms with E-state index in [0.29, 0.717) is 17.0 Å². The number of carbonyl (C=O) groups is 1. The maximum Gasteiger partial charge on any atom is 0.373 e. The number of aromatic nitrogens is 1. The summed E-state index contributed by atoms with van der Waals surface area (Å²) in [7, 11) is 1.59. The van der Waals surface area contributed by atoms with Crippen molar-refractivity contribution in [2.45, 2.75) is 33.1 Å². The second kappa shape index (κ2) is 5.24. The van der Waals surface area contributed by atoms with E-state index < -0.39 is 11.4 Å². The highest BCUT2D eigenvalue weighted by atomic mass is 16.5. The molecule has 2 aromatic rings. The van der Waals surface area contributed by atoms with Crippen molar-refractivity contribution in [3.8, 4) is 17.2 Å². The van der Waals surface area contributed by atoms with E-state index in [1.54, 1.807) is 13.2 Å². The van der Waals surface area contributed by atoms with E-state index in [0.717, 1.165) is 5.56 Å². The summed E-state index contributed by atoms with van der Waals surface area (Å²) >= 11 is 0. The second-order valence-corrected chi connectivity index (χ2v) is 5.94. The molecule has 0 fully saturated rings. The van der Waals surface area contributed by atoms with Crippen LogP contribution in [0.25, 0.3) is 11.5 Å². The van der Waals surface area contributed by atoms with Crippen molar-refractivity contribution in [1.82, 2.24) is 4.98 Å². The van der Waals surface area contributed by atoms with Gasteiger partial charge < -0.3 is 14.3 Å². The van der Waals surface area contributed by atoms with Gasteiger partial charge in [-0.2, -0.15) is 0 Å². The fourth-order valence-electron chi connectivity index (χ4n) is 2.05. The Balaban J connectivity index is 2.58. The number of oxazole rings is 1. The average molecular weight is 289 g/mol. The molecule has 5 heteroatoms. The van der Waals surface area contributed by atoms with Crippen molar-refractivity contribution in [3.63, 3.8) is 0 Å². The highest BCUT2D eigenvalue weighted by Gasteiger charge is 2.29. The number of carboxylic acids is 1. The summed E-state index contributed by atoms with van der Waals surface area (Å²) in [5, 5.41) is 9.28. The van der Waals surface area contributed by atoms with Crippen LogP contribution in [0.5, 0.6) is 5.75 Å². The van der Waals surface area contributed by atoms with Crippen molar-refractivity contribution < 1.29 is 19.1 Å². The highest BCUT2D eigenvalue weighted by Crippen LogP contribution is 2.32. The number of nitrogens with zero attached hydrogens (tertiary/aromatic N) is 1. The van der Waals surface area contributed by atoms with E-state index in [1.165, 1.54) is 0 Å². The van der Waals surface area contributed by atoms with Gasteiger partial charge >= 0.3 is 5.97 Å². The third-order valence-corrected chi connectivity index (χ3v) is 3.19. The van der Waals surface area contributed by atoms with Gasteiger partial charge in [0.15, 0.2) is 0 Å². The number of aryl methyl sites for hydroxylation is 1. The molecule has 0 saturated carbocycles. The molecular formula is C16H19NO4. The fraction of sp³-hybridized carbons (Fsp3) is 0.375. The first-order valence-corrected chi connectivity index (χ1v) is 6.63. The van der Waals surface area contributed by atoms with Crippen LogP contribution in [0.2, 0.25) is 0 Å². The van der Waals surface area contributed by atoms with Crippen LogP contribution in [0, 0.1) is 6.92 Å². The molecule has 0 spiro atoms. The molecule has 0 atom stereocenters. The SMILES string of the molecule is COc1cc(-c2nc(C(C)(C)C)c(C(=O)O)o2)ccc1C. The molecule has 0 bridgehead atoms. The summed E-state index contributed by atoms with van der Waals surface area (Å²) in [5.74, 6) is -0.231. The molecule has 112 valence electrons. The van der Waals surface area contributed by atoms with Crippen LogP contribution in [-0.2, 0) is 5.41 Å². The zero-order chi connectivity index (χ0) is 15.8. The van der Waals surface area contributed by atoms with E-state index in [1.807, 2.05) is 39.8 Å². The lowest BCUT2D eigenvalue weighted by Crippen LogP contribution is -2.16. The van der Waals surface area contributed by atoms with Crippen LogP contribution >= 0.6 is 0 Å². The topological polar surface area (TPSA) is 72.6 Å². The zero-order valence-electron chi connectivity index (χ0n) is 12.9. The smallest absolute Gasteiger partial charge is 0.373 e. The minimum absolute atomic E-state index is 0.114. The van der Waals surface area contributed by atoms with E-state index in [2.05, 4.69) is 4.98 Å². The van der Waals surface area contributed by atoms with Crippen molar-refractivity contribution in [1.29, 1.82) is 0 Å². The molecule has 0 saturated heterocycles. The van der Waals surface area contributed by atoms with E-state index in [4.69, 9.17) is 9.15 Å². The normalized spacial score (nSPS) is 11.5. The number of carboxylic acid groups (broad SMARTS) is 1. The number of ether oxygens (including phenoxy) is 1.